The second-order valence-electron chi connectivity index (χ2n) is 10.4. The first kappa shape index (κ1) is 30.0. The zero-order valence-electron chi connectivity index (χ0n) is 22.0. The van der Waals surface area contributed by atoms with Crippen molar-refractivity contribution in [2.45, 2.75) is 163 Å². The highest BCUT2D eigenvalue weighted by Gasteiger charge is 2.05. The maximum atomic E-state index is 2.81. The summed E-state index contributed by atoms with van der Waals surface area (Å²) in [5.41, 5.74) is 0. The molecule has 0 aliphatic heterocycles. The van der Waals surface area contributed by atoms with Crippen molar-refractivity contribution < 1.29 is 0 Å². The van der Waals surface area contributed by atoms with Gasteiger partial charge >= 0.3 is 0 Å². The van der Waals surface area contributed by atoms with E-state index < -0.39 is 0 Å². The van der Waals surface area contributed by atoms with Gasteiger partial charge in [-0.2, -0.15) is 0 Å². The van der Waals surface area contributed by atoms with E-state index in [2.05, 4.69) is 32.6 Å². The maximum absolute atomic E-state index is 2.81. The van der Waals surface area contributed by atoms with E-state index in [4.69, 9.17) is 0 Å². The molecule has 0 spiro atoms. The fraction of sp³-hybridized carbons (Fsp3) is 1.00. The number of rotatable bonds is 25. The van der Waals surface area contributed by atoms with E-state index in [9.17, 15) is 0 Å². The van der Waals surface area contributed by atoms with Crippen LogP contribution in [0.25, 0.3) is 0 Å². The highest BCUT2D eigenvalue weighted by Crippen LogP contribution is 2.14. The first-order chi connectivity index (χ1) is 14.7. The summed E-state index contributed by atoms with van der Waals surface area (Å²) in [5.74, 6) is 0.889. The van der Waals surface area contributed by atoms with Crippen LogP contribution in [0.3, 0.4) is 0 Å². The van der Waals surface area contributed by atoms with Crippen LogP contribution in [0.15, 0.2) is 0 Å². The van der Waals surface area contributed by atoms with Crippen molar-refractivity contribution in [1.29, 1.82) is 0 Å². The van der Waals surface area contributed by atoms with Gasteiger partial charge in [0.25, 0.3) is 0 Å². The smallest absolute Gasteiger partial charge is 0.00187 e. The molecule has 0 fully saturated rings. The third-order valence-electron chi connectivity index (χ3n) is 6.66. The fourth-order valence-corrected chi connectivity index (χ4v) is 4.52. The maximum Gasteiger partial charge on any atom is -0.00187 e. The molecule has 0 aromatic carbocycles. The van der Waals surface area contributed by atoms with Crippen LogP contribution in [0.4, 0.5) is 0 Å². The molecule has 0 saturated heterocycles. The summed E-state index contributed by atoms with van der Waals surface area (Å²) < 4.78 is 0. The van der Waals surface area contributed by atoms with Crippen molar-refractivity contribution in [3.63, 3.8) is 0 Å². The summed E-state index contributed by atoms with van der Waals surface area (Å²) in [6.07, 6.45) is 30.2. The lowest BCUT2D eigenvalue weighted by Gasteiger charge is -2.22. The lowest BCUT2D eigenvalue weighted by Crippen LogP contribution is -2.27. The highest BCUT2D eigenvalue weighted by molar-refractivity contribution is 4.60. The van der Waals surface area contributed by atoms with Gasteiger partial charge in [0.2, 0.25) is 0 Å². The average molecular weight is 424 g/mol. The monoisotopic (exact) mass is 423 g/mol. The van der Waals surface area contributed by atoms with E-state index >= 15 is 0 Å². The molecule has 0 heterocycles. The standard InChI is InChI=1S/C29H61N/c1-5-7-9-11-18-22-26-30(27-23-19-12-10-8-6-2)28-24-20-16-14-13-15-17-21-25-29(3)4/h29H,5-28H2,1-4H3. The molecule has 1 nitrogen and oxygen atoms in total. The van der Waals surface area contributed by atoms with Crippen molar-refractivity contribution >= 4 is 0 Å². The molecule has 1 heteroatoms. The molecule has 0 bridgehead atoms. The lowest BCUT2D eigenvalue weighted by molar-refractivity contribution is 0.254. The van der Waals surface area contributed by atoms with Gasteiger partial charge in [0.15, 0.2) is 0 Å². The Morgan fingerprint density at radius 3 is 1.03 bits per heavy atom. The van der Waals surface area contributed by atoms with Gasteiger partial charge in [0.05, 0.1) is 0 Å². The van der Waals surface area contributed by atoms with Crippen LogP contribution in [0, 0.1) is 5.92 Å². The molecule has 0 unspecified atom stereocenters. The van der Waals surface area contributed by atoms with Crippen LogP contribution in [0.5, 0.6) is 0 Å². The van der Waals surface area contributed by atoms with Crippen molar-refractivity contribution in [3.05, 3.63) is 0 Å². The molecule has 0 N–H and O–H groups in total. The third kappa shape index (κ3) is 24.2. The zero-order chi connectivity index (χ0) is 22.1. The molecule has 0 aromatic rings. The van der Waals surface area contributed by atoms with Crippen LogP contribution < -0.4 is 0 Å². The summed E-state index contributed by atoms with van der Waals surface area (Å²) in [4.78, 5) is 2.81. The van der Waals surface area contributed by atoms with E-state index in [0.717, 1.165) is 5.92 Å². The minimum atomic E-state index is 0.889. The average Bonchev–Trinajstić information content (AvgIpc) is 2.73. The largest absolute Gasteiger partial charge is 0.303 e. The first-order valence-electron chi connectivity index (χ1n) is 14.4. The molecule has 0 atom stereocenters. The summed E-state index contributed by atoms with van der Waals surface area (Å²) in [7, 11) is 0. The minimum Gasteiger partial charge on any atom is -0.303 e. The van der Waals surface area contributed by atoms with E-state index in [1.54, 1.807) is 0 Å². The molecule has 0 aliphatic rings. The number of hydrogen-bond donors (Lipinski definition) is 0. The van der Waals surface area contributed by atoms with E-state index in [0.29, 0.717) is 0 Å². The molecule has 0 aromatic heterocycles. The van der Waals surface area contributed by atoms with Gasteiger partial charge in [-0.1, -0.05) is 143 Å². The van der Waals surface area contributed by atoms with E-state index in [1.807, 2.05) is 0 Å². The van der Waals surface area contributed by atoms with Gasteiger partial charge in [0.1, 0.15) is 0 Å². The SMILES string of the molecule is CCCCCCCCN(CCCCCCCC)CCCCCCCCCCC(C)C. The van der Waals surface area contributed by atoms with Crippen LogP contribution in [0.1, 0.15) is 163 Å². The zero-order valence-corrected chi connectivity index (χ0v) is 22.0. The third-order valence-corrected chi connectivity index (χ3v) is 6.66. The second-order valence-corrected chi connectivity index (χ2v) is 10.4. The van der Waals surface area contributed by atoms with E-state index in [-0.39, 0.29) is 0 Å². The van der Waals surface area contributed by atoms with Crippen molar-refractivity contribution in [3.8, 4) is 0 Å². The predicted octanol–water partition coefficient (Wildman–Crippen LogP) is 10.2. The van der Waals surface area contributed by atoms with Gasteiger partial charge in [0, 0.05) is 0 Å². The Kier molecular flexibility index (Phi) is 25.2. The molecule has 0 radical (unpaired) electrons. The van der Waals surface area contributed by atoms with Crippen LogP contribution >= 0.6 is 0 Å². The summed E-state index contributed by atoms with van der Waals surface area (Å²) in [5, 5.41) is 0. The highest BCUT2D eigenvalue weighted by atomic mass is 15.1. The van der Waals surface area contributed by atoms with Crippen molar-refractivity contribution in [1.82, 2.24) is 4.90 Å². The molecule has 182 valence electrons. The van der Waals surface area contributed by atoms with Gasteiger partial charge in [-0.25, -0.2) is 0 Å². The number of nitrogens with zero attached hydrogens (tertiary/aromatic N) is 1. The van der Waals surface area contributed by atoms with Gasteiger partial charge in [-0.15, -0.1) is 0 Å². The number of hydrogen-bond acceptors (Lipinski definition) is 1. The fourth-order valence-electron chi connectivity index (χ4n) is 4.52. The minimum absolute atomic E-state index is 0.889. The second kappa shape index (κ2) is 25.2. The molecular formula is C29H61N. The topological polar surface area (TPSA) is 3.24 Å². The van der Waals surface area contributed by atoms with Crippen molar-refractivity contribution in [2.75, 3.05) is 19.6 Å². The predicted molar refractivity (Wildman–Crippen MR) is 140 cm³/mol. The Hall–Kier alpha value is -0.0400. The molecule has 0 aliphatic carbocycles. The van der Waals surface area contributed by atoms with Crippen LogP contribution in [-0.2, 0) is 0 Å². The summed E-state index contributed by atoms with van der Waals surface area (Å²) in [6, 6.07) is 0. The molecule has 30 heavy (non-hydrogen) atoms. The Bertz CT molecular complexity index is 283. The summed E-state index contributed by atoms with van der Waals surface area (Å²) >= 11 is 0. The van der Waals surface area contributed by atoms with Gasteiger partial charge in [-0.05, 0) is 44.8 Å². The normalized spacial score (nSPS) is 11.8. The van der Waals surface area contributed by atoms with Gasteiger partial charge < -0.3 is 4.90 Å². The Balaban J connectivity index is 3.75. The molecule has 0 rings (SSSR count). The Morgan fingerprint density at radius 2 is 0.700 bits per heavy atom. The lowest BCUT2D eigenvalue weighted by atomic mass is 10.0. The molecular weight excluding hydrogens is 362 g/mol. The van der Waals surface area contributed by atoms with Crippen LogP contribution in [-0.4, -0.2) is 24.5 Å². The Labute approximate surface area is 193 Å². The van der Waals surface area contributed by atoms with Gasteiger partial charge in [-0.3, -0.25) is 0 Å². The van der Waals surface area contributed by atoms with Crippen LogP contribution in [0.2, 0.25) is 0 Å². The molecule has 0 saturated carbocycles. The number of unbranched alkanes of at least 4 members (excludes halogenated alkanes) is 17. The van der Waals surface area contributed by atoms with E-state index in [1.165, 1.54) is 154 Å². The molecule has 0 amide bonds. The summed E-state index contributed by atoms with van der Waals surface area (Å²) in [6.45, 7) is 13.4. The first-order valence-corrected chi connectivity index (χ1v) is 14.4. The Morgan fingerprint density at radius 1 is 0.400 bits per heavy atom. The quantitative estimate of drug-likeness (QED) is 0.132. The van der Waals surface area contributed by atoms with Crippen molar-refractivity contribution in [2.24, 2.45) is 5.92 Å².